The van der Waals surface area contributed by atoms with Crippen LogP contribution in [0.3, 0.4) is 0 Å². The lowest BCUT2D eigenvalue weighted by atomic mass is 9.96. The first-order valence-corrected chi connectivity index (χ1v) is 19.9. The van der Waals surface area contributed by atoms with Crippen LogP contribution in [0, 0.1) is 5.41 Å². The zero-order valence-electron chi connectivity index (χ0n) is 27.0. The molecule has 3 heterocycles. The predicted octanol–water partition coefficient (Wildman–Crippen LogP) is 5.87. The number of nitrogens with one attached hydrogen (secondary N) is 1. The number of rotatable bonds is 7. The molecule has 12 heteroatoms. The summed E-state index contributed by atoms with van der Waals surface area (Å²) < 4.78 is 21.9. The fourth-order valence-corrected chi connectivity index (χ4v) is 6.21. The predicted molar refractivity (Wildman–Crippen MR) is 163 cm³/mol. The van der Waals surface area contributed by atoms with Crippen molar-refractivity contribution in [3.05, 3.63) is 12.7 Å². The fraction of sp³-hybridized carbons (Fsp3) is 0.786. The van der Waals surface area contributed by atoms with Gasteiger partial charge in [-0.3, -0.25) is 9.36 Å². The van der Waals surface area contributed by atoms with Crippen molar-refractivity contribution in [2.45, 2.75) is 130 Å². The lowest BCUT2D eigenvalue weighted by Crippen LogP contribution is -2.52. The molecule has 0 unspecified atom stereocenters. The summed E-state index contributed by atoms with van der Waals surface area (Å²) in [6.07, 6.45) is 0.646. The van der Waals surface area contributed by atoms with Gasteiger partial charge in [-0.25, -0.2) is 15.0 Å². The Hall–Kier alpha value is -1.71. The zero-order valence-corrected chi connectivity index (χ0v) is 29.0. The highest BCUT2D eigenvalue weighted by Gasteiger charge is 2.57. The van der Waals surface area contributed by atoms with E-state index < -0.39 is 46.1 Å². The number of hydrogen-bond donors (Lipinski definition) is 2. The molecule has 4 atom stereocenters. The molecule has 1 saturated heterocycles. The van der Waals surface area contributed by atoms with Crippen molar-refractivity contribution in [1.82, 2.24) is 19.5 Å². The number of anilines is 1. The number of nitrogens with zero attached hydrogens (tertiary/aromatic N) is 4. The zero-order chi connectivity index (χ0) is 30.7. The number of carbonyl (C=O) groups excluding carboxylic acids is 1. The van der Waals surface area contributed by atoms with Crippen LogP contribution in [0.4, 0.5) is 5.82 Å². The Morgan fingerprint density at radius 2 is 1.60 bits per heavy atom. The average Bonchev–Trinajstić information content (AvgIpc) is 3.31. The summed E-state index contributed by atoms with van der Waals surface area (Å²) in [5.74, 6) is 0.150. The Kier molecular flexibility index (Phi) is 8.64. The second-order valence-electron chi connectivity index (χ2n) is 15.4. The lowest BCUT2D eigenvalue weighted by Gasteiger charge is -2.41. The summed E-state index contributed by atoms with van der Waals surface area (Å²) >= 11 is 0. The second kappa shape index (κ2) is 10.5. The summed E-state index contributed by atoms with van der Waals surface area (Å²) in [6, 6.07) is 0. The lowest BCUT2D eigenvalue weighted by molar-refractivity contribution is -0.123. The molecule has 0 aromatic carbocycles. The first-order chi connectivity index (χ1) is 17.9. The van der Waals surface area contributed by atoms with Gasteiger partial charge in [0.2, 0.25) is 5.91 Å². The maximum absolute atomic E-state index is 12.7. The summed E-state index contributed by atoms with van der Waals surface area (Å²) in [5.41, 5.74) is -0.711. The Bertz CT molecular complexity index is 1230. The number of aliphatic hydroxyl groups is 1. The Morgan fingerprint density at radius 3 is 2.12 bits per heavy atom. The molecule has 0 bridgehead atoms. The van der Waals surface area contributed by atoms with Crippen molar-refractivity contribution in [1.29, 1.82) is 0 Å². The van der Waals surface area contributed by atoms with Gasteiger partial charge in [0, 0.05) is 5.41 Å². The van der Waals surface area contributed by atoms with Crippen molar-refractivity contribution in [2.75, 3.05) is 11.9 Å². The van der Waals surface area contributed by atoms with Crippen LogP contribution in [-0.4, -0.2) is 71.6 Å². The highest BCUT2D eigenvalue weighted by Crippen LogP contribution is 2.46. The van der Waals surface area contributed by atoms with E-state index in [0.29, 0.717) is 17.0 Å². The molecule has 1 fully saturated rings. The molecule has 2 aromatic rings. The van der Waals surface area contributed by atoms with Crippen molar-refractivity contribution < 1.29 is 23.5 Å². The molecule has 2 aromatic heterocycles. The molecule has 2 N–H and O–H groups in total. The maximum Gasteiger partial charge on any atom is 0.230 e. The molecule has 0 radical (unpaired) electrons. The van der Waals surface area contributed by atoms with E-state index in [9.17, 15) is 9.90 Å². The van der Waals surface area contributed by atoms with E-state index in [1.54, 1.807) is 10.9 Å². The van der Waals surface area contributed by atoms with E-state index in [0.717, 1.165) is 0 Å². The molecule has 0 saturated carbocycles. The highest BCUT2D eigenvalue weighted by atomic mass is 28.4. The van der Waals surface area contributed by atoms with Gasteiger partial charge in [0.25, 0.3) is 0 Å². The minimum absolute atomic E-state index is 0.00865. The number of fused-ring (bicyclic) bond motifs is 1. The molecule has 40 heavy (non-hydrogen) atoms. The Balaban J connectivity index is 2.05. The van der Waals surface area contributed by atoms with Gasteiger partial charge < -0.3 is 24.0 Å². The van der Waals surface area contributed by atoms with Gasteiger partial charge in [0.15, 0.2) is 39.8 Å². The van der Waals surface area contributed by atoms with Gasteiger partial charge >= 0.3 is 0 Å². The molecule has 1 aliphatic heterocycles. The molecule has 10 nitrogen and oxygen atoms in total. The minimum Gasteiger partial charge on any atom is -0.414 e. The van der Waals surface area contributed by atoms with Gasteiger partial charge in [0.1, 0.15) is 24.1 Å². The smallest absolute Gasteiger partial charge is 0.230 e. The number of aliphatic hydroxyl groups excluding tert-OH is 1. The first-order valence-electron chi connectivity index (χ1n) is 14.1. The fourth-order valence-electron chi connectivity index (χ4n) is 3.86. The topological polar surface area (TPSA) is 121 Å². The molecule has 3 rings (SSSR count). The highest BCUT2D eigenvalue weighted by molar-refractivity contribution is 6.74. The van der Waals surface area contributed by atoms with Crippen LogP contribution < -0.4 is 5.32 Å². The Labute approximate surface area is 241 Å². The van der Waals surface area contributed by atoms with E-state index in [1.165, 1.54) is 6.33 Å². The van der Waals surface area contributed by atoms with Crippen LogP contribution in [0.1, 0.15) is 75.5 Å². The van der Waals surface area contributed by atoms with Crippen molar-refractivity contribution in [3.63, 3.8) is 0 Å². The summed E-state index contributed by atoms with van der Waals surface area (Å²) in [7, 11) is -4.46. The Morgan fingerprint density at radius 1 is 1.02 bits per heavy atom. The van der Waals surface area contributed by atoms with Crippen LogP contribution in [0.15, 0.2) is 12.7 Å². The third-order valence-electron chi connectivity index (χ3n) is 8.92. The van der Waals surface area contributed by atoms with E-state index in [-0.39, 0.29) is 22.6 Å². The van der Waals surface area contributed by atoms with E-state index >= 15 is 0 Å². The molecule has 1 amide bonds. The number of imidazole rings is 1. The van der Waals surface area contributed by atoms with Gasteiger partial charge in [0.05, 0.1) is 12.9 Å². The number of hydrogen-bond acceptors (Lipinski definition) is 8. The van der Waals surface area contributed by atoms with Crippen LogP contribution >= 0.6 is 0 Å². The second-order valence-corrected chi connectivity index (χ2v) is 25.0. The molecule has 226 valence electrons. The van der Waals surface area contributed by atoms with Crippen LogP contribution in [-0.2, 0) is 18.4 Å². The summed E-state index contributed by atoms with van der Waals surface area (Å²) in [6.45, 7) is 29.4. The van der Waals surface area contributed by atoms with Crippen molar-refractivity contribution in [3.8, 4) is 0 Å². The molecular formula is C28H51N5O5Si2. The summed E-state index contributed by atoms with van der Waals surface area (Å²) in [4.78, 5) is 26.0. The van der Waals surface area contributed by atoms with E-state index in [4.69, 9.17) is 13.6 Å². The number of amides is 1. The van der Waals surface area contributed by atoms with Crippen LogP contribution in [0.5, 0.6) is 0 Å². The molecule has 0 aliphatic carbocycles. The number of ether oxygens (including phenoxy) is 1. The van der Waals surface area contributed by atoms with Gasteiger partial charge in [-0.1, -0.05) is 62.3 Å². The summed E-state index contributed by atoms with van der Waals surface area (Å²) in [5, 5.41) is 14.6. The molecule has 1 aliphatic rings. The average molecular weight is 594 g/mol. The number of aromatic nitrogens is 4. The minimum atomic E-state index is -2.33. The third-order valence-corrected chi connectivity index (χ3v) is 17.9. The molecular weight excluding hydrogens is 543 g/mol. The van der Waals surface area contributed by atoms with Crippen LogP contribution in [0.25, 0.3) is 11.2 Å². The van der Waals surface area contributed by atoms with Gasteiger partial charge in [-0.2, -0.15) is 0 Å². The molecule has 0 spiro atoms. The van der Waals surface area contributed by atoms with E-state index in [2.05, 4.69) is 88.0 Å². The van der Waals surface area contributed by atoms with E-state index in [1.807, 2.05) is 27.7 Å². The standard InChI is InChI=1S/C28H51N5O5Si2/c1-25(2,3)24(35)32-21-18-22(30-16-29-21)33(17-31-18)23-19(38-40(13,14)27(7,8)9)20(34)28(10,37-23)15-36-39(11,12)26(4,5)6/h16-17,19-20,23,34H,15H2,1-14H3,(H,29,30,32,35)/t19-,20-,23-,28-/m1/s1. The first kappa shape index (κ1) is 32.8. The third kappa shape index (κ3) is 6.36. The normalized spacial score (nSPS) is 25.0. The van der Waals surface area contributed by atoms with Gasteiger partial charge in [-0.05, 0) is 43.2 Å². The van der Waals surface area contributed by atoms with Crippen molar-refractivity contribution in [2.24, 2.45) is 5.41 Å². The number of carbonyl (C=O) groups is 1. The largest absolute Gasteiger partial charge is 0.414 e. The van der Waals surface area contributed by atoms with Crippen molar-refractivity contribution >= 4 is 39.5 Å². The monoisotopic (exact) mass is 593 g/mol. The SMILES string of the molecule is CC(C)(C)C(=O)Nc1ncnc2c1ncn2[C@@H]1O[C@](C)(CO[Si](C)(C)C(C)(C)C)[C@H](O)[C@H]1O[Si](C)(C)C(C)(C)C. The van der Waals surface area contributed by atoms with Gasteiger partial charge in [-0.15, -0.1) is 0 Å². The quantitative estimate of drug-likeness (QED) is 0.382. The maximum atomic E-state index is 12.7. The van der Waals surface area contributed by atoms with Crippen LogP contribution in [0.2, 0.25) is 36.3 Å².